The molecule has 1 aromatic heterocycles. The average Bonchev–Trinajstić information content (AvgIpc) is 2.64. The van der Waals surface area contributed by atoms with Crippen LogP contribution < -0.4 is 0 Å². The average molecular weight is 341 g/mol. The Morgan fingerprint density at radius 2 is 2.47 bits per heavy atom. The Morgan fingerprint density at radius 1 is 1.73 bits per heavy atom. The zero-order chi connectivity index (χ0) is 11.3. The third kappa shape index (κ3) is 4.29. The molecule has 4 nitrogen and oxygen atoms in total. The number of aromatic nitrogens is 2. The van der Waals surface area contributed by atoms with E-state index in [1.807, 2.05) is 24.1 Å². The molecule has 1 N–H and O–H groups in total. The standard InChI is InChI=1S/C9H16IN3OS/c1-8(6-13(15-10)3-4-14)9-5-11-12(2)7-9/h5,7-8,14H,3-4,6H2,1-2H3. The predicted molar refractivity (Wildman–Crippen MR) is 71.9 cm³/mol. The van der Waals surface area contributed by atoms with Crippen LogP contribution in [0.2, 0.25) is 0 Å². The summed E-state index contributed by atoms with van der Waals surface area (Å²) in [4.78, 5) is 0. The van der Waals surface area contributed by atoms with E-state index in [-0.39, 0.29) is 6.61 Å². The maximum Gasteiger partial charge on any atom is 0.0568 e. The van der Waals surface area contributed by atoms with Gasteiger partial charge in [0.25, 0.3) is 0 Å². The topological polar surface area (TPSA) is 41.3 Å². The first-order valence-corrected chi connectivity index (χ1v) is 8.12. The molecule has 0 aliphatic heterocycles. The second-order valence-electron chi connectivity index (χ2n) is 3.53. The van der Waals surface area contributed by atoms with Gasteiger partial charge in [-0.2, -0.15) is 5.10 Å². The molecule has 1 unspecified atom stereocenters. The summed E-state index contributed by atoms with van der Waals surface area (Å²) in [6.45, 7) is 4.02. The smallest absolute Gasteiger partial charge is 0.0568 e. The van der Waals surface area contributed by atoms with Gasteiger partial charge in [-0.1, -0.05) is 6.92 Å². The van der Waals surface area contributed by atoms with Crippen molar-refractivity contribution in [1.82, 2.24) is 14.1 Å². The van der Waals surface area contributed by atoms with Crippen LogP contribution in [0.1, 0.15) is 18.4 Å². The number of nitrogens with zero attached hydrogens (tertiary/aromatic N) is 3. The normalized spacial score (nSPS) is 13.4. The molecule has 1 rings (SSSR count). The van der Waals surface area contributed by atoms with E-state index in [2.05, 4.69) is 37.5 Å². The minimum Gasteiger partial charge on any atom is -0.395 e. The van der Waals surface area contributed by atoms with Crippen molar-refractivity contribution in [2.45, 2.75) is 12.8 Å². The SMILES string of the molecule is CC(CN(CCO)SI)c1cnn(C)c1. The maximum absolute atomic E-state index is 8.88. The fraction of sp³-hybridized carbons (Fsp3) is 0.667. The van der Waals surface area contributed by atoms with Crippen LogP contribution in [-0.2, 0) is 7.05 Å². The second-order valence-corrected chi connectivity index (χ2v) is 5.37. The number of aliphatic hydroxyl groups excluding tert-OH is 1. The molecule has 1 heterocycles. The molecule has 6 heteroatoms. The lowest BCUT2D eigenvalue weighted by Gasteiger charge is -2.20. The van der Waals surface area contributed by atoms with Crippen LogP contribution in [-0.4, -0.2) is 38.9 Å². The van der Waals surface area contributed by atoms with Gasteiger partial charge in [-0.25, -0.2) is 4.31 Å². The van der Waals surface area contributed by atoms with Gasteiger partial charge in [0.2, 0.25) is 0 Å². The van der Waals surface area contributed by atoms with Crippen LogP contribution >= 0.6 is 30.3 Å². The van der Waals surface area contributed by atoms with Gasteiger partial charge >= 0.3 is 0 Å². The summed E-state index contributed by atoms with van der Waals surface area (Å²) in [6.07, 6.45) is 3.94. The van der Waals surface area contributed by atoms with Gasteiger partial charge in [-0.3, -0.25) is 4.68 Å². The largest absolute Gasteiger partial charge is 0.395 e. The molecular weight excluding hydrogens is 325 g/mol. The van der Waals surface area contributed by atoms with Gasteiger partial charge in [-0.05, 0) is 20.6 Å². The van der Waals surface area contributed by atoms with E-state index in [0.29, 0.717) is 12.5 Å². The highest BCUT2D eigenvalue weighted by Crippen LogP contribution is 2.23. The summed E-state index contributed by atoms with van der Waals surface area (Å²) in [5.74, 6) is 0.438. The monoisotopic (exact) mass is 341 g/mol. The highest BCUT2D eigenvalue weighted by atomic mass is 127. The first-order valence-electron chi connectivity index (χ1n) is 4.80. The van der Waals surface area contributed by atoms with Crippen molar-refractivity contribution in [2.75, 3.05) is 19.7 Å². The van der Waals surface area contributed by atoms with E-state index >= 15 is 0 Å². The summed E-state index contributed by atoms with van der Waals surface area (Å²) < 4.78 is 3.97. The Bertz CT molecular complexity index is 295. The fourth-order valence-corrected chi connectivity index (χ4v) is 2.87. The van der Waals surface area contributed by atoms with Crippen LogP contribution in [0.3, 0.4) is 0 Å². The molecule has 1 atom stereocenters. The molecule has 0 amide bonds. The molecule has 15 heavy (non-hydrogen) atoms. The van der Waals surface area contributed by atoms with Gasteiger partial charge in [-0.15, -0.1) is 0 Å². The van der Waals surface area contributed by atoms with E-state index in [1.165, 1.54) is 5.56 Å². The van der Waals surface area contributed by atoms with Crippen LogP contribution in [0.4, 0.5) is 0 Å². The first kappa shape index (κ1) is 13.3. The fourth-order valence-electron chi connectivity index (χ4n) is 1.37. The number of halogens is 1. The third-order valence-electron chi connectivity index (χ3n) is 2.22. The quantitative estimate of drug-likeness (QED) is 0.633. The van der Waals surface area contributed by atoms with Gasteiger partial charge in [0.1, 0.15) is 0 Å². The highest BCUT2D eigenvalue weighted by Gasteiger charge is 2.12. The van der Waals surface area contributed by atoms with Crippen molar-refractivity contribution >= 4 is 30.3 Å². The van der Waals surface area contributed by atoms with E-state index in [0.717, 1.165) is 6.54 Å². The van der Waals surface area contributed by atoms with Gasteiger partial charge in [0.15, 0.2) is 0 Å². The number of hydrogen-bond donors (Lipinski definition) is 1. The lowest BCUT2D eigenvalue weighted by Crippen LogP contribution is -2.23. The molecule has 1 aromatic rings. The molecule has 0 aliphatic rings. The molecule has 0 radical (unpaired) electrons. The lowest BCUT2D eigenvalue weighted by molar-refractivity contribution is 0.259. The minimum absolute atomic E-state index is 0.204. The van der Waals surface area contributed by atoms with Gasteiger partial charge < -0.3 is 5.11 Å². The summed E-state index contributed by atoms with van der Waals surface area (Å²) >= 11 is 2.24. The zero-order valence-corrected chi connectivity index (χ0v) is 11.9. The Kier molecular flexibility index (Phi) is 5.95. The van der Waals surface area contributed by atoms with Crippen molar-refractivity contribution in [1.29, 1.82) is 0 Å². The number of hydrogen-bond acceptors (Lipinski definition) is 4. The van der Waals surface area contributed by atoms with Crippen molar-refractivity contribution < 1.29 is 5.11 Å². The number of aryl methyl sites for hydroxylation is 1. The molecule has 0 spiro atoms. The molecular formula is C9H16IN3OS. The minimum atomic E-state index is 0.204. The molecule has 0 aromatic carbocycles. The number of rotatable bonds is 6. The lowest BCUT2D eigenvalue weighted by atomic mass is 10.1. The first-order chi connectivity index (χ1) is 7.17. The maximum atomic E-state index is 8.88. The van der Waals surface area contributed by atoms with E-state index in [9.17, 15) is 0 Å². The third-order valence-corrected chi connectivity index (χ3v) is 4.42. The Morgan fingerprint density at radius 3 is 2.93 bits per heavy atom. The van der Waals surface area contributed by atoms with Crippen LogP contribution in [0, 0.1) is 0 Å². The number of aliphatic hydroxyl groups is 1. The van der Waals surface area contributed by atoms with Crippen LogP contribution in [0.5, 0.6) is 0 Å². The Hall–Kier alpha value is 0.210. The van der Waals surface area contributed by atoms with E-state index in [1.54, 1.807) is 9.12 Å². The van der Waals surface area contributed by atoms with Crippen molar-refractivity contribution in [2.24, 2.45) is 7.05 Å². The summed E-state index contributed by atoms with van der Waals surface area (Å²) in [5, 5.41) is 13.0. The summed E-state index contributed by atoms with van der Waals surface area (Å²) in [6, 6.07) is 0. The molecule has 0 aliphatic carbocycles. The second kappa shape index (κ2) is 6.72. The highest BCUT2D eigenvalue weighted by molar-refractivity contribution is 14.2. The summed E-state index contributed by atoms with van der Waals surface area (Å²) in [7, 11) is 3.57. The summed E-state index contributed by atoms with van der Waals surface area (Å²) in [5.41, 5.74) is 1.24. The molecule has 0 bridgehead atoms. The molecule has 86 valence electrons. The van der Waals surface area contributed by atoms with E-state index in [4.69, 9.17) is 5.11 Å². The van der Waals surface area contributed by atoms with Crippen molar-refractivity contribution in [3.63, 3.8) is 0 Å². The van der Waals surface area contributed by atoms with Gasteiger partial charge in [0.05, 0.1) is 12.8 Å². The molecule has 0 saturated carbocycles. The predicted octanol–water partition coefficient (Wildman–Crippen LogP) is 1.82. The van der Waals surface area contributed by atoms with Crippen LogP contribution in [0.15, 0.2) is 12.4 Å². The molecule has 0 saturated heterocycles. The van der Waals surface area contributed by atoms with Gasteiger partial charge in [0, 0.05) is 47.5 Å². The zero-order valence-electron chi connectivity index (χ0n) is 8.93. The van der Waals surface area contributed by atoms with Crippen molar-refractivity contribution in [3.05, 3.63) is 18.0 Å². The van der Waals surface area contributed by atoms with E-state index < -0.39 is 0 Å². The molecule has 0 fully saturated rings. The van der Waals surface area contributed by atoms with Crippen LogP contribution in [0.25, 0.3) is 0 Å². The Labute approximate surface area is 107 Å². The Balaban J connectivity index is 2.50. The van der Waals surface area contributed by atoms with Crippen molar-refractivity contribution in [3.8, 4) is 0 Å².